The van der Waals surface area contributed by atoms with Crippen LogP contribution in [0.3, 0.4) is 0 Å². The van der Waals surface area contributed by atoms with Gasteiger partial charge in [0.25, 0.3) is 0 Å². The Labute approximate surface area is 91.3 Å². The van der Waals surface area contributed by atoms with Crippen LogP contribution in [0.15, 0.2) is 28.7 Å². The molecule has 0 heterocycles. The van der Waals surface area contributed by atoms with Crippen molar-refractivity contribution in [1.29, 1.82) is 10.5 Å². The minimum absolute atomic E-state index is 0.231. The molecule has 1 aromatic rings. The molecule has 0 aliphatic heterocycles. The van der Waals surface area contributed by atoms with Crippen LogP contribution < -0.4 is 4.90 Å². The van der Waals surface area contributed by atoms with E-state index in [1.807, 2.05) is 36.4 Å². The molecule has 0 spiro atoms. The summed E-state index contributed by atoms with van der Waals surface area (Å²) in [6.07, 6.45) is 0. The first-order valence-electron chi connectivity index (χ1n) is 4.02. The van der Waals surface area contributed by atoms with Crippen LogP contribution in [0.5, 0.6) is 0 Å². The van der Waals surface area contributed by atoms with E-state index in [0.717, 1.165) is 10.2 Å². The maximum atomic E-state index is 8.57. The van der Waals surface area contributed by atoms with Gasteiger partial charge in [-0.3, -0.25) is 0 Å². The van der Waals surface area contributed by atoms with Crippen molar-refractivity contribution in [1.82, 2.24) is 0 Å². The molecule has 3 nitrogen and oxygen atoms in total. The first-order chi connectivity index (χ1) is 6.77. The van der Waals surface area contributed by atoms with E-state index in [2.05, 4.69) is 15.9 Å². The van der Waals surface area contributed by atoms with Gasteiger partial charge in [0, 0.05) is 10.2 Å². The topological polar surface area (TPSA) is 50.8 Å². The second-order valence-electron chi connectivity index (χ2n) is 2.65. The molecule has 0 atom stereocenters. The Balaban J connectivity index is 2.84. The summed E-state index contributed by atoms with van der Waals surface area (Å²) in [6, 6.07) is 11.6. The Morgan fingerprint density at radius 2 is 1.57 bits per heavy atom. The first kappa shape index (κ1) is 10.6. The van der Waals surface area contributed by atoms with Gasteiger partial charge >= 0.3 is 0 Å². The molecule has 1 rings (SSSR count). The number of hydrogen-bond acceptors (Lipinski definition) is 3. The SMILES string of the molecule is N#CCN(CC#N)c1ccc(Br)cc1. The van der Waals surface area contributed by atoms with Gasteiger partial charge < -0.3 is 4.90 Å². The van der Waals surface area contributed by atoms with Crippen molar-refractivity contribution in [3.8, 4) is 12.1 Å². The van der Waals surface area contributed by atoms with E-state index in [0.29, 0.717) is 0 Å². The van der Waals surface area contributed by atoms with Crippen molar-refractivity contribution in [3.05, 3.63) is 28.7 Å². The van der Waals surface area contributed by atoms with Crippen LogP contribution >= 0.6 is 15.9 Å². The Morgan fingerprint density at radius 3 is 2.00 bits per heavy atom. The molecule has 1 aromatic carbocycles. The number of halogens is 1. The molecule has 0 saturated carbocycles. The second-order valence-corrected chi connectivity index (χ2v) is 3.56. The predicted octanol–water partition coefficient (Wildman–Crippen LogP) is 2.30. The van der Waals surface area contributed by atoms with E-state index >= 15 is 0 Å². The quantitative estimate of drug-likeness (QED) is 0.773. The van der Waals surface area contributed by atoms with E-state index in [9.17, 15) is 0 Å². The highest BCUT2D eigenvalue weighted by Gasteiger charge is 2.03. The van der Waals surface area contributed by atoms with E-state index in [1.165, 1.54) is 0 Å². The van der Waals surface area contributed by atoms with Crippen LogP contribution in [0, 0.1) is 22.7 Å². The largest absolute Gasteiger partial charge is 0.345 e. The molecule has 0 fully saturated rings. The van der Waals surface area contributed by atoms with Crippen LogP contribution in [-0.2, 0) is 0 Å². The molecule has 0 saturated heterocycles. The third-order valence-corrected chi connectivity index (χ3v) is 2.24. The lowest BCUT2D eigenvalue weighted by Gasteiger charge is -2.17. The van der Waals surface area contributed by atoms with E-state index in [-0.39, 0.29) is 13.1 Å². The molecule has 0 aliphatic rings. The number of nitriles is 2. The van der Waals surface area contributed by atoms with Gasteiger partial charge in [0.15, 0.2) is 0 Å². The van der Waals surface area contributed by atoms with Crippen LogP contribution in [0.2, 0.25) is 0 Å². The number of hydrogen-bond donors (Lipinski definition) is 0. The fourth-order valence-electron chi connectivity index (χ4n) is 1.06. The standard InChI is InChI=1S/C10H8BrN3/c11-9-1-3-10(4-2-9)14(7-5-12)8-6-13/h1-4H,7-8H2. The highest BCUT2D eigenvalue weighted by molar-refractivity contribution is 9.10. The van der Waals surface area contributed by atoms with Crippen molar-refractivity contribution in [2.24, 2.45) is 0 Å². The molecule has 0 aromatic heterocycles. The maximum Gasteiger partial charge on any atom is 0.106 e. The third-order valence-electron chi connectivity index (χ3n) is 1.71. The van der Waals surface area contributed by atoms with Crippen molar-refractivity contribution in [2.45, 2.75) is 0 Å². The molecule has 0 N–H and O–H groups in total. The zero-order valence-corrected chi connectivity index (χ0v) is 9.03. The molecule has 70 valence electrons. The average molecular weight is 250 g/mol. The molecule has 0 unspecified atom stereocenters. The molecular formula is C10H8BrN3. The number of rotatable bonds is 3. The summed E-state index contributed by atoms with van der Waals surface area (Å²) >= 11 is 3.32. The first-order valence-corrected chi connectivity index (χ1v) is 4.81. The molecular weight excluding hydrogens is 242 g/mol. The lowest BCUT2D eigenvalue weighted by molar-refractivity contribution is 0.966. The Hall–Kier alpha value is -1.52. The van der Waals surface area contributed by atoms with Gasteiger partial charge in [-0.05, 0) is 24.3 Å². The summed E-state index contributed by atoms with van der Waals surface area (Å²) in [6.45, 7) is 0.463. The number of anilines is 1. The fourth-order valence-corrected chi connectivity index (χ4v) is 1.33. The van der Waals surface area contributed by atoms with Crippen LogP contribution in [-0.4, -0.2) is 13.1 Å². The molecule has 0 bridgehead atoms. The van der Waals surface area contributed by atoms with E-state index < -0.39 is 0 Å². The van der Waals surface area contributed by atoms with Gasteiger partial charge in [0.2, 0.25) is 0 Å². The summed E-state index contributed by atoms with van der Waals surface area (Å²) in [5.74, 6) is 0. The van der Waals surface area contributed by atoms with Crippen molar-refractivity contribution in [3.63, 3.8) is 0 Å². The van der Waals surface area contributed by atoms with Crippen LogP contribution in [0.4, 0.5) is 5.69 Å². The monoisotopic (exact) mass is 249 g/mol. The van der Waals surface area contributed by atoms with E-state index in [1.54, 1.807) is 4.90 Å². The Bertz CT molecular complexity index is 356. The van der Waals surface area contributed by atoms with Gasteiger partial charge in [-0.15, -0.1) is 0 Å². The summed E-state index contributed by atoms with van der Waals surface area (Å²) in [5, 5.41) is 17.1. The summed E-state index contributed by atoms with van der Waals surface area (Å²) in [4.78, 5) is 1.71. The lowest BCUT2D eigenvalue weighted by Crippen LogP contribution is -2.23. The third kappa shape index (κ3) is 2.76. The van der Waals surface area contributed by atoms with Crippen LogP contribution in [0.1, 0.15) is 0 Å². The summed E-state index contributed by atoms with van der Waals surface area (Å²) in [5.41, 5.74) is 0.885. The van der Waals surface area contributed by atoms with Crippen molar-refractivity contribution in [2.75, 3.05) is 18.0 Å². The normalized spacial score (nSPS) is 8.79. The zero-order valence-electron chi connectivity index (χ0n) is 7.44. The molecule has 4 heteroatoms. The number of benzene rings is 1. The van der Waals surface area contributed by atoms with Gasteiger partial charge in [-0.25, -0.2) is 0 Å². The Kier molecular flexibility index (Phi) is 3.97. The van der Waals surface area contributed by atoms with Gasteiger partial charge in [0.1, 0.15) is 13.1 Å². The lowest BCUT2D eigenvalue weighted by atomic mass is 10.3. The van der Waals surface area contributed by atoms with E-state index in [4.69, 9.17) is 10.5 Å². The molecule has 0 aliphatic carbocycles. The molecule has 14 heavy (non-hydrogen) atoms. The Morgan fingerprint density at radius 1 is 1.07 bits per heavy atom. The minimum atomic E-state index is 0.231. The second kappa shape index (κ2) is 5.26. The fraction of sp³-hybridized carbons (Fsp3) is 0.200. The maximum absolute atomic E-state index is 8.57. The van der Waals surface area contributed by atoms with Crippen molar-refractivity contribution < 1.29 is 0 Å². The minimum Gasteiger partial charge on any atom is -0.345 e. The van der Waals surface area contributed by atoms with Crippen LogP contribution in [0.25, 0.3) is 0 Å². The zero-order chi connectivity index (χ0) is 10.4. The summed E-state index contributed by atoms with van der Waals surface area (Å²) < 4.78 is 0.982. The highest BCUT2D eigenvalue weighted by Crippen LogP contribution is 2.17. The van der Waals surface area contributed by atoms with Gasteiger partial charge in [-0.2, -0.15) is 10.5 Å². The summed E-state index contributed by atoms with van der Waals surface area (Å²) in [7, 11) is 0. The average Bonchev–Trinajstić information content (AvgIpc) is 2.19. The smallest absolute Gasteiger partial charge is 0.106 e. The van der Waals surface area contributed by atoms with Crippen molar-refractivity contribution >= 4 is 21.6 Å². The molecule has 0 radical (unpaired) electrons. The number of nitrogens with zero attached hydrogens (tertiary/aromatic N) is 3. The van der Waals surface area contributed by atoms with Gasteiger partial charge in [0.05, 0.1) is 12.1 Å². The predicted molar refractivity (Wildman–Crippen MR) is 57.6 cm³/mol. The highest BCUT2D eigenvalue weighted by atomic mass is 79.9. The molecule has 0 amide bonds. The van der Waals surface area contributed by atoms with Gasteiger partial charge in [-0.1, -0.05) is 15.9 Å².